The van der Waals surface area contributed by atoms with E-state index in [0.717, 1.165) is 43.8 Å². The summed E-state index contributed by atoms with van der Waals surface area (Å²) >= 11 is 0. The number of halogens is 10. The molecule has 0 unspecified atom stereocenters. The molecule has 6 rings (SSSR count). The normalized spacial score (nSPS) is 10.9. The van der Waals surface area contributed by atoms with Gasteiger partial charge in [-0.15, -0.1) is 0 Å². The van der Waals surface area contributed by atoms with Crippen molar-refractivity contribution in [2.45, 2.75) is 57.9 Å². The van der Waals surface area contributed by atoms with Crippen molar-refractivity contribution in [3.8, 4) is 34.7 Å². The Kier molecular flexibility index (Phi) is 16.5. The number of anilines is 4. The zero-order chi connectivity index (χ0) is 46.3. The number of Topliss-reactive ketones (excluding diaryl/α,β-unsaturated/α-hetero) is 2. The number of nitrogens with zero attached hydrogens (tertiary/aromatic N) is 9. The second-order valence-electron chi connectivity index (χ2n) is 12.6. The number of alkyl halides is 6. The molecule has 0 aliphatic heterocycles. The molecule has 6 aromatic rings. The van der Waals surface area contributed by atoms with Gasteiger partial charge in [-0.1, -0.05) is 19.1 Å². The molecule has 0 amide bonds. The number of benzene rings is 2. The minimum absolute atomic E-state index is 0.00358. The van der Waals surface area contributed by atoms with Crippen LogP contribution in [0.25, 0.3) is 22.5 Å². The van der Waals surface area contributed by atoms with Gasteiger partial charge in [-0.3, -0.25) is 19.4 Å². The van der Waals surface area contributed by atoms with Crippen molar-refractivity contribution in [1.29, 1.82) is 10.5 Å². The molecule has 328 valence electrons. The molecule has 0 aliphatic rings. The van der Waals surface area contributed by atoms with Crippen molar-refractivity contribution >= 4 is 34.8 Å². The van der Waals surface area contributed by atoms with Gasteiger partial charge in [0, 0.05) is 55.6 Å². The van der Waals surface area contributed by atoms with E-state index in [1.54, 1.807) is 12.3 Å². The summed E-state index contributed by atoms with van der Waals surface area (Å²) < 4.78 is 127. The standard InChI is InChI=1S/C19H13F5N6O.C17H12F2N6O.C3H5F3/c20-14-6-11(3-4-13(14)16(31)2-1-5-25)17-15(21)8-26-18(29-17)28-12-7-27-30(9-12)10-19(22,23)24;18-13-6-10(3-4-12(13)15(26)2-1-5-20)16-14(19)9-21-17(25-16)24-11-7-22-23-8-11;1-2-3(4,5)6/h3-4,6-9H,1-2,10H2,(H,26,28,29);3-4,6-9H,1-2H2,(H,22,23)(H,21,24,25);2H2,1H3. The lowest BCUT2D eigenvalue weighted by Gasteiger charge is -2.08. The van der Waals surface area contributed by atoms with E-state index in [1.165, 1.54) is 30.5 Å². The Balaban J connectivity index is 0.000000248. The maximum atomic E-state index is 14.3. The van der Waals surface area contributed by atoms with Crippen LogP contribution in [0, 0.1) is 45.9 Å². The minimum Gasteiger partial charge on any atom is -0.321 e. The second-order valence-corrected chi connectivity index (χ2v) is 12.6. The second kappa shape index (κ2) is 21.7. The van der Waals surface area contributed by atoms with E-state index in [9.17, 15) is 53.5 Å². The van der Waals surface area contributed by atoms with Crippen molar-refractivity contribution in [3.63, 3.8) is 0 Å². The first-order chi connectivity index (χ1) is 29.8. The number of H-pyrrole nitrogens is 1. The van der Waals surface area contributed by atoms with Gasteiger partial charge >= 0.3 is 12.4 Å². The molecule has 24 heteroatoms. The smallest absolute Gasteiger partial charge is 0.321 e. The van der Waals surface area contributed by atoms with Crippen LogP contribution in [0.5, 0.6) is 0 Å². The fourth-order valence-electron chi connectivity index (χ4n) is 4.92. The van der Waals surface area contributed by atoms with E-state index < -0.39 is 60.2 Å². The molecule has 2 aromatic carbocycles. The van der Waals surface area contributed by atoms with Gasteiger partial charge in [0.2, 0.25) is 11.9 Å². The van der Waals surface area contributed by atoms with Crippen LogP contribution < -0.4 is 10.6 Å². The predicted molar refractivity (Wildman–Crippen MR) is 203 cm³/mol. The number of nitrogens with one attached hydrogen (secondary N) is 3. The minimum atomic E-state index is -4.45. The van der Waals surface area contributed by atoms with Crippen LogP contribution in [0.3, 0.4) is 0 Å². The Morgan fingerprint density at radius 2 is 1.17 bits per heavy atom. The lowest BCUT2D eigenvalue weighted by molar-refractivity contribution is -0.142. The first-order valence-electron chi connectivity index (χ1n) is 17.9. The molecule has 0 aliphatic carbocycles. The molecule has 4 heterocycles. The van der Waals surface area contributed by atoms with Crippen molar-refractivity contribution in [1.82, 2.24) is 39.9 Å². The Morgan fingerprint density at radius 3 is 1.57 bits per heavy atom. The van der Waals surface area contributed by atoms with Crippen LogP contribution in [0.15, 0.2) is 73.6 Å². The van der Waals surface area contributed by atoms with Gasteiger partial charge in [0.25, 0.3) is 0 Å². The van der Waals surface area contributed by atoms with Gasteiger partial charge in [0.15, 0.2) is 23.2 Å². The van der Waals surface area contributed by atoms with E-state index in [4.69, 9.17) is 10.5 Å². The number of aromatic nitrogens is 8. The van der Waals surface area contributed by atoms with Crippen LogP contribution in [-0.2, 0) is 6.54 Å². The zero-order valence-corrected chi connectivity index (χ0v) is 32.3. The third-order valence-corrected chi connectivity index (χ3v) is 7.89. The van der Waals surface area contributed by atoms with Crippen molar-refractivity contribution in [2.24, 2.45) is 0 Å². The molecule has 0 atom stereocenters. The largest absolute Gasteiger partial charge is 0.408 e. The van der Waals surface area contributed by atoms with Crippen molar-refractivity contribution in [3.05, 3.63) is 108 Å². The third-order valence-electron chi connectivity index (χ3n) is 7.89. The average molecular weight is 889 g/mol. The Bertz CT molecular complexity index is 2600. The van der Waals surface area contributed by atoms with Gasteiger partial charge < -0.3 is 10.6 Å². The number of rotatable bonds is 13. The lowest BCUT2D eigenvalue weighted by atomic mass is 10.0. The fraction of sp³-hybridized carbons (Fsp3) is 0.231. The number of hydrogen-bond donors (Lipinski definition) is 3. The van der Waals surface area contributed by atoms with Gasteiger partial charge in [-0.2, -0.15) is 47.1 Å². The van der Waals surface area contributed by atoms with Crippen LogP contribution >= 0.6 is 0 Å². The zero-order valence-electron chi connectivity index (χ0n) is 32.3. The van der Waals surface area contributed by atoms with Crippen molar-refractivity contribution < 1.29 is 53.5 Å². The quantitative estimate of drug-likeness (QED) is 0.0733. The van der Waals surface area contributed by atoms with Gasteiger partial charge in [0.05, 0.1) is 59.4 Å². The molecule has 0 saturated heterocycles. The highest BCUT2D eigenvalue weighted by atomic mass is 19.4. The van der Waals surface area contributed by atoms with E-state index >= 15 is 0 Å². The number of ketones is 2. The van der Waals surface area contributed by atoms with E-state index in [1.807, 2.05) is 6.07 Å². The van der Waals surface area contributed by atoms with Gasteiger partial charge in [0.1, 0.15) is 29.6 Å². The monoisotopic (exact) mass is 888 g/mol. The van der Waals surface area contributed by atoms with Crippen LogP contribution in [0.1, 0.15) is 59.7 Å². The molecule has 63 heavy (non-hydrogen) atoms. The molecule has 14 nitrogen and oxygen atoms in total. The highest BCUT2D eigenvalue weighted by Crippen LogP contribution is 2.27. The van der Waals surface area contributed by atoms with E-state index in [0.29, 0.717) is 10.4 Å². The molecule has 0 fully saturated rings. The summed E-state index contributed by atoms with van der Waals surface area (Å²) in [6, 6.07) is 10.7. The van der Waals surface area contributed by atoms with Crippen LogP contribution in [0.2, 0.25) is 0 Å². The summed E-state index contributed by atoms with van der Waals surface area (Å²) in [7, 11) is 0. The number of carbonyl (C=O) groups excluding carboxylic acids is 2. The summed E-state index contributed by atoms with van der Waals surface area (Å²) in [6.45, 7) is -0.205. The Morgan fingerprint density at radius 1 is 0.698 bits per heavy atom. The number of nitriles is 2. The maximum Gasteiger partial charge on any atom is 0.408 e. The third kappa shape index (κ3) is 14.7. The Labute approximate surface area is 349 Å². The highest BCUT2D eigenvalue weighted by molar-refractivity contribution is 5.97. The van der Waals surface area contributed by atoms with Crippen molar-refractivity contribution in [2.75, 3.05) is 10.6 Å². The van der Waals surface area contributed by atoms with E-state index in [-0.39, 0.29) is 76.9 Å². The molecule has 0 radical (unpaired) electrons. The molecule has 4 aromatic heterocycles. The molecule has 3 N–H and O–H groups in total. The van der Waals surface area contributed by atoms with Gasteiger partial charge in [-0.25, -0.2) is 37.5 Å². The van der Waals surface area contributed by atoms with E-state index in [2.05, 4.69) is 45.9 Å². The summed E-state index contributed by atoms with van der Waals surface area (Å²) in [6.07, 6.45) is -2.40. The first-order valence-corrected chi connectivity index (χ1v) is 17.9. The summed E-state index contributed by atoms with van der Waals surface area (Å²) in [5.41, 5.74) is 0.119. The number of hydrogen-bond acceptors (Lipinski definition) is 12. The predicted octanol–water partition coefficient (Wildman–Crippen LogP) is 9.74. The SMILES string of the molecule is CCC(F)(F)F.N#CCCC(=O)c1ccc(-c2nc(Nc3cn[nH]c3)ncc2F)cc1F.N#CCCC(=O)c1ccc(-c2nc(Nc3cnn(CC(F)(F)F)c3)ncc2F)cc1F. The van der Waals surface area contributed by atoms with Crippen LogP contribution in [-0.4, -0.2) is 63.8 Å². The first kappa shape index (κ1) is 47.9. The summed E-state index contributed by atoms with van der Waals surface area (Å²) in [4.78, 5) is 39.3. The van der Waals surface area contributed by atoms with Gasteiger partial charge in [-0.05, 0) is 24.3 Å². The summed E-state index contributed by atoms with van der Waals surface area (Å²) in [5.74, 6) is -4.40. The Hall–Kier alpha value is -7.76. The highest BCUT2D eigenvalue weighted by Gasteiger charge is 2.28. The molecule has 0 bridgehead atoms. The topological polar surface area (TPSA) is 204 Å². The number of aromatic amines is 1. The fourth-order valence-corrected chi connectivity index (χ4v) is 4.92. The average Bonchev–Trinajstić information content (AvgIpc) is 3.91. The lowest BCUT2D eigenvalue weighted by Crippen LogP contribution is -2.17. The molecule has 0 saturated carbocycles. The molecular formula is C39H30F10N12O2. The summed E-state index contributed by atoms with van der Waals surface area (Å²) in [5, 5.41) is 32.4. The number of carbonyl (C=O) groups is 2. The molecular weight excluding hydrogens is 858 g/mol. The molecule has 0 spiro atoms. The maximum absolute atomic E-state index is 14.3. The van der Waals surface area contributed by atoms with Crippen LogP contribution in [0.4, 0.5) is 67.2 Å².